The molecule has 9 heteroatoms. The second kappa shape index (κ2) is 11.2. The van der Waals surface area contributed by atoms with Crippen LogP contribution in [-0.2, 0) is 20.7 Å². The second-order valence-electron chi connectivity index (χ2n) is 8.95. The number of carboxylic acid groups (broad SMARTS) is 1. The summed E-state index contributed by atoms with van der Waals surface area (Å²) in [6.07, 6.45) is -0.877. The van der Waals surface area contributed by atoms with Gasteiger partial charge in [-0.05, 0) is 61.2 Å². The second-order valence-corrected chi connectivity index (χ2v) is 9.39. The van der Waals surface area contributed by atoms with Gasteiger partial charge < -0.3 is 29.7 Å². The third kappa shape index (κ3) is 6.05. The van der Waals surface area contributed by atoms with Gasteiger partial charge in [-0.25, -0.2) is 9.59 Å². The lowest BCUT2D eigenvalue weighted by Gasteiger charge is -2.23. The molecule has 1 aliphatic rings. The van der Waals surface area contributed by atoms with Crippen molar-refractivity contribution in [2.24, 2.45) is 0 Å². The van der Waals surface area contributed by atoms with Crippen LogP contribution in [0.5, 0.6) is 11.5 Å². The SMILES string of the molecule is CC(OC(=O)C1(C(=O)O)Oc2ccc(C[C@@H](C)NC[C@H](O)c3cccc(Cl)c3)cc2O1)c1ccccc1. The summed E-state index contributed by atoms with van der Waals surface area (Å²) < 4.78 is 16.5. The number of ether oxygens (including phenoxy) is 3. The summed E-state index contributed by atoms with van der Waals surface area (Å²) in [6, 6.07) is 20.9. The van der Waals surface area contributed by atoms with Crippen molar-refractivity contribution in [2.75, 3.05) is 6.54 Å². The van der Waals surface area contributed by atoms with Crippen molar-refractivity contribution < 1.29 is 34.0 Å². The molecule has 3 aromatic rings. The number of nitrogens with one attached hydrogen (secondary N) is 1. The van der Waals surface area contributed by atoms with Crippen LogP contribution in [0, 0.1) is 0 Å². The normalized spacial score (nSPS) is 18.6. The van der Waals surface area contributed by atoms with Crippen LogP contribution in [-0.4, -0.2) is 40.5 Å². The number of carboxylic acids is 1. The molecule has 0 bridgehead atoms. The Morgan fingerprint density at radius 2 is 1.68 bits per heavy atom. The van der Waals surface area contributed by atoms with Gasteiger partial charge in [0, 0.05) is 17.6 Å². The number of aliphatic carboxylic acids is 1. The van der Waals surface area contributed by atoms with E-state index in [4.69, 9.17) is 25.8 Å². The number of aliphatic hydroxyl groups is 1. The van der Waals surface area contributed by atoms with Crippen molar-refractivity contribution in [1.29, 1.82) is 0 Å². The first-order chi connectivity index (χ1) is 17.7. The van der Waals surface area contributed by atoms with E-state index in [1.807, 2.05) is 13.0 Å². The summed E-state index contributed by atoms with van der Waals surface area (Å²) in [5, 5.41) is 24.1. The predicted octanol–water partition coefficient (Wildman–Crippen LogP) is 4.45. The van der Waals surface area contributed by atoms with Gasteiger partial charge in [-0.15, -0.1) is 0 Å². The molecule has 1 aliphatic heterocycles. The Kier molecular flexibility index (Phi) is 8.02. The fraction of sp³-hybridized carbons (Fsp3) is 0.286. The van der Waals surface area contributed by atoms with Gasteiger partial charge in [0.25, 0.3) is 0 Å². The molecule has 3 N–H and O–H groups in total. The largest absolute Gasteiger partial charge is 0.475 e. The van der Waals surface area contributed by atoms with Crippen LogP contribution >= 0.6 is 11.6 Å². The lowest BCUT2D eigenvalue weighted by Crippen LogP contribution is -2.55. The highest BCUT2D eigenvalue weighted by Crippen LogP contribution is 2.41. The number of hydrogen-bond acceptors (Lipinski definition) is 7. The predicted molar refractivity (Wildman–Crippen MR) is 137 cm³/mol. The first-order valence-electron chi connectivity index (χ1n) is 11.8. The van der Waals surface area contributed by atoms with Crippen LogP contribution < -0.4 is 14.8 Å². The average molecular weight is 526 g/mol. The molecule has 0 saturated carbocycles. The van der Waals surface area contributed by atoms with E-state index in [2.05, 4.69) is 5.32 Å². The van der Waals surface area contributed by atoms with E-state index in [1.165, 1.54) is 0 Å². The molecule has 0 aromatic heterocycles. The summed E-state index contributed by atoms with van der Waals surface area (Å²) >= 11 is 6.00. The summed E-state index contributed by atoms with van der Waals surface area (Å²) in [6.45, 7) is 3.92. The van der Waals surface area contributed by atoms with Crippen LogP contribution in [0.25, 0.3) is 0 Å². The van der Waals surface area contributed by atoms with E-state index in [-0.39, 0.29) is 17.5 Å². The third-order valence-corrected chi connectivity index (χ3v) is 6.29. The van der Waals surface area contributed by atoms with Crippen LogP contribution in [0.1, 0.15) is 42.7 Å². The van der Waals surface area contributed by atoms with Crippen molar-refractivity contribution in [2.45, 2.75) is 44.3 Å². The number of fused-ring (bicyclic) bond motifs is 1. The molecular weight excluding hydrogens is 498 g/mol. The highest BCUT2D eigenvalue weighted by atomic mass is 35.5. The summed E-state index contributed by atoms with van der Waals surface area (Å²) in [7, 11) is 0. The van der Waals surface area contributed by atoms with Gasteiger partial charge in [-0.1, -0.05) is 60.1 Å². The molecule has 4 atom stereocenters. The van der Waals surface area contributed by atoms with Gasteiger partial charge in [-0.2, -0.15) is 0 Å². The van der Waals surface area contributed by atoms with Crippen LogP contribution in [0.15, 0.2) is 72.8 Å². The molecule has 1 heterocycles. The van der Waals surface area contributed by atoms with Crippen LogP contribution in [0.4, 0.5) is 0 Å². The fourth-order valence-corrected chi connectivity index (χ4v) is 4.23. The molecule has 194 valence electrons. The topological polar surface area (TPSA) is 114 Å². The number of halogens is 1. The highest BCUT2D eigenvalue weighted by Gasteiger charge is 2.59. The number of benzene rings is 3. The van der Waals surface area contributed by atoms with Crippen LogP contribution in [0.2, 0.25) is 5.02 Å². The number of aliphatic hydroxyl groups excluding tert-OH is 1. The number of carbonyl (C=O) groups is 2. The van der Waals surface area contributed by atoms with E-state index < -0.39 is 29.9 Å². The Morgan fingerprint density at radius 1 is 0.973 bits per heavy atom. The Morgan fingerprint density at radius 3 is 2.38 bits per heavy atom. The molecule has 0 fully saturated rings. The quantitative estimate of drug-likeness (QED) is 0.263. The summed E-state index contributed by atoms with van der Waals surface area (Å²) in [5.41, 5.74) is 2.25. The average Bonchev–Trinajstić information content (AvgIpc) is 3.28. The first kappa shape index (κ1) is 26.5. The number of esters is 1. The zero-order valence-corrected chi connectivity index (χ0v) is 21.1. The molecular formula is C28H28ClNO7. The van der Waals surface area contributed by atoms with E-state index in [0.717, 1.165) is 5.56 Å². The van der Waals surface area contributed by atoms with Crippen molar-refractivity contribution in [1.82, 2.24) is 5.32 Å². The van der Waals surface area contributed by atoms with Gasteiger partial charge in [-0.3, -0.25) is 0 Å². The maximum atomic E-state index is 12.9. The Hall–Kier alpha value is -3.59. The molecule has 2 unspecified atom stereocenters. The van der Waals surface area contributed by atoms with Crippen LogP contribution in [0.3, 0.4) is 0 Å². The summed E-state index contributed by atoms with van der Waals surface area (Å²) in [5.74, 6) is -5.13. The number of carbonyl (C=O) groups excluding carboxylic acids is 1. The minimum atomic E-state index is -2.63. The monoisotopic (exact) mass is 525 g/mol. The van der Waals surface area contributed by atoms with E-state index in [1.54, 1.807) is 73.7 Å². The summed E-state index contributed by atoms with van der Waals surface area (Å²) in [4.78, 5) is 25.0. The smallest absolute Gasteiger partial charge is 0.453 e. The van der Waals surface area contributed by atoms with Crippen molar-refractivity contribution in [3.63, 3.8) is 0 Å². The standard InChI is InChI=1S/C28H28ClNO7/c1-17(30-16-23(31)21-9-6-10-22(29)15-21)13-19-11-12-24-25(14-19)37-28(36-24,26(32)33)27(34)35-18(2)20-7-4-3-5-8-20/h3-12,14-15,17-18,23,30-31H,13,16H2,1-2H3,(H,32,33)/t17-,18?,23+,28?/m1/s1. The molecule has 3 aromatic carbocycles. The lowest BCUT2D eigenvalue weighted by molar-refractivity contribution is -0.202. The van der Waals surface area contributed by atoms with Crippen molar-refractivity contribution in [3.05, 3.63) is 94.5 Å². The zero-order valence-electron chi connectivity index (χ0n) is 20.4. The van der Waals surface area contributed by atoms with Gasteiger partial charge in [0.2, 0.25) is 0 Å². The first-order valence-corrected chi connectivity index (χ1v) is 12.2. The molecule has 37 heavy (non-hydrogen) atoms. The molecule has 8 nitrogen and oxygen atoms in total. The van der Waals surface area contributed by atoms with Crippen molar-refractivity contribution >= 4 is 23.5 Å². The van der Waals surface area contributed by atoms with E-state index in [9.17, 15) is 19.8 Å². The van der Waals surface area contributed by atoms with Gasteiger partial charge in [0.1, 0.15) is 6.10 Å². The maximum absolute atomic E-state index is 12.9. The molecule has 0 spiro atoms. The molecule has 0 radical (unpaired) electrons. The zero-order chi connectivity index (χ0) is 26.6. The lowest BCUT2D eigenvalue weighted by atomic mass is 10.1. The Bertz CT molecular complexity index is 1270. The Labute approximate surface area is 219 Å². The maximum Gasteiger partial charge on any atom is 0.453 e. The molecule has 0 aliphatic carbocycles. The van der Waals surface area contributed by atoms with E-state index >= 15 is 0 Å². The third-order valence-electron chi connectivity index (χ3n) is 6.05. The highest BCUT2D eigenvalue weighted by molar-refractivity contribution is 6.30. The van der Waals surface area contributed by atoms with Gasteiger partial charge in [0.05, 0.1) is 6.10 Å². The molecule has 4 rings (SSSR count). The molecule has 0 saturated heterocycles. The minimum Gasteiger partial charge on any atom is -0.475 e. The number of rotatable bonds is 10. The van der Waals surface area contributed by atoms with Crippen molar-refractivity contribution in [3.8, 4) is 11.5 Å². The van der Waals surface area contributed by atoms with Gasteiger partial charge in [0.15, 0.2) is 11.5 Å². The van der Waals surface area contributed by atoms with Gasteiger partial charge >= 0.3 is 17.7 Å². The van der Waals surface area contributed by atoms with E-state index in [0.29, 0.717) is 29.1 Å². The number of hydrogen-bond donors (Lipinski definition) is 3. The fourth-order valence-electron chi connectivity index (χ4n) is 4.03. The minimum absolute atomic E-state index is 0.0323. The Balaban J connectivity index is 1.39. The molecule has 0 amide bonds.